The van der Waals surface area contributed by atoms with Crippen LogP contribution in [-0.2, 0) is 9.53 Å². The molecule has 8 nitrogen and oxygen atoms in total. The number of carbonyl (C=O) groups excluding carboxylic acids is 2. The van der Waals surface area contributed by atoms with Crippen molar-refractivity contribution < 1.29 is 14.3 Å². The highest BCUT2D eigenvalue weighted by Gasteiger charge is 2.24. The molecular formula is C26H31N5O3S. The van der Waals surface area contributed by atoms with Gasteiger partial charge in [-0.15, -0.1) is 10.2 Å². The Labute approximate surface area is 210 Å². The number of hydrogen-bond acceptors (Lipinski definition) is 6. The van der Waals surface area contributed by atoms with Crippen LogP contribution in [-0.4, -0.2) is 75.1 Å². The Bertz CT molecular complexity index is 1130. The molecule has 1 aromatic heterocycles. The fraction of sp³-hybridized carbons (Fsp3) is 0.385. The van der Waals surface area contributed by atoms with E-state index in [0.29, 0.717) is 39.2 Å². The molecule has 35 heavy (non-hydrogen) atoms. The van der Waals surface area contributed by atoms with Gasteiger partial charge in [-0.1, -0.05) is 59.8 Å². The highest BCUT2D eigenvalue weighted by atomic mass is 32.2. The number of piperazine rings is 1. The zero-order chi connectivity index (χ0) is 24.6. The number of aryl methyl sites for hydroxylation is 1. The third kappa shape index (κ3) is 6.22. The van der Waals surface area contributed by atoms with Crippen LogP contribution in [0, 0.1) is 6.92 Å². The first-order valence-corrected chi connectivity index (χ1v) is 13.0. The van der Waals surface area contributed by atoms with E-state index in [9.17, 15) is 9.59 Å². The molecule has 4 rings (SSSR count). The van der Waals surface area contributed by atoms with Gasteiger partial charge in [0, 0.05) is 49.6 Å². The summed E-state index contributed by atoms with van der Waals surface area (Å²) in [5.41, 5.74) is 3.21. The van der Waals surface area contributed by atoms with Crippen molar-refractivity contribution in [2.45, 2.75) is 31.8 Å². The van der Waals surface area contributed by atoms with Crippen LogP contribution in [0.2, 0.25) is 0 Å². The smallest absolute Gasteiger partial charge is 0.409 e. The maximum atomic E-state index is 12.7. The molecule has 1 fully saturated rings. The third-order valence-corrected chi connectivity index (χ3v) is 6.90. The van der Waals surface area contributed by atoms with Gasteiger partial charge >= 0.3 is 6.09 Å². The van der Waals surface area contributed by atoms with Gasteiger partial charge in [0.2, 0.25) is 5.91 Å². The van der Waals surface area contributed by atoms with Crippen molar-refractivity contribution in [3.05, 3.63) is 60.2 Å². The normalized spacial score (nSPS) is 13.7. The number of para-hydroxylation sites is 1. The summed E-state index contributed by atoms with van der Waals surface area (Å²) >= 11 is 1.61. The molecule has 0 saturated carbocycles. The van der Waals surface area contributed by atoms with Crippen LogP contribution in [0.3, 0.4) is 0 Å². The minimum absolute atomic E-state index is 0.124. The summed E-state index contributed by atoms with van der Waals surface area (Å²) in [6, 6.07) is 18.4. The van der Waals surface area contributed by atoms with E-state index in [4.69, 9.17) is 4.74 Å². The van der Waals surface area contributed by atoms with Gasteiger partial charge in [0.15, 0.2) is 11.0 Å². The Balaban J connectivity index is 1.34. The molecule has 3 aromatic rings. The van der Waals surface area contributed by atoms with E-state index in [1.54, 1.807) is 23.6 Å². The molecule has 1 saturated heterocycles. The number of benzene rings is 2. The molecule has 1 aliphatic rings. The minimum atomic E-state index is -0.302. The van der Waals surface area contributed by atoms with Gasteiger partial charge < -0.3 is 14.5 Å². The fourth-order valence-corrected chi connectivity index (χ4v) is 4.85. The molecule has 0 spiro atoms. The van der Waals surface area contributed by atoms with E-state index in [1.165, 1.54) is 5.56 Å². The van der Waals surface area contributed by atoms with Gasteiger partial charge in [-0.05, 0) is 32.4 Å². The fourth-order valence-electron chi connectivity index (χ4n) is 3.96. The van der Waals surface area contributed by atoms with E-state index >= 15 is 0 Å². The van der Waals surface area contributed by atoms with Crippen LogP contribution in [0.1, 0.15) is 25.3 Å². The first-order chi connectivity index (χ1) is 17.1. The number of aromatic nitrogens is 3. The van der Waals surface area contributed by atoms with Gasteiger partial charge in [-0.3, -0.25) is 9.36 Å². The lowest BCUT2D eigenvalue weighted by atomic mass is 10.1. The Hall–Kier alpha value is -3.33. The predicted molar refractivity (Wildman–Crippen MR) is 137 cm³/mol. The molecule has 184 valence electrons. The Morgan fingerprint density at radius 3 is 2.31 bits per heavy atom. The molecule has 0 atom stereocenters. The van der Waals surface area contributed by atoms with Crippen LogP contribution in [0.25, 0.3) is 17.1 Å². The highest BCUT2D eigenvalue weighted by molar-refractivity contribution is 7.99. The van der Waals surface area contributed by atoms with E-state index in [1.807, 2.05) is 35.2 Å². The largest absolute Gasteiger partial charge is 0.450 e. The average Bonchev–Trinajstić information content (AvgIpc) is 3.31. The molecule has 1 aliphatic heterocycles. The summed E-state index contributed by atoms with van der Waals surface area (Å²) < 4.78 is 7.12. The van der Waals surface area contributed by atoms with Crippen LogP contribution in [0.4, 0.5) is 4.79 Å². The lowest BCUT2D eigenvalue weighted by Gasteiger charge is -2.34. The third-order valence-electron chi connectivity index (χ3n) is 5.88. The van der Waals surface area contributed by atoms with Crippen molar-refractivity contribution >= 4 is 23.8 Å². The molecule has 0 N–H and O–H groups in total. The molecule has 0 bridgehead atoms. The maximum Gasteiger partial charge on any atom is 0.409 e. The van der Waals surface area contributed by atoms with Crippen molar-refractivity contribution in [2.24, 2.45) is 0 Å². The van der Waals surface area contributed by atoms with Crippen LogP contribution >= 0.6 is 11.8 Å². The number of nitrogens with zero attached hydrogens (tertiary/aromatic N) is 5. The summed E-state index contributed by atoms with van der Waals surface area (Å²) in [5.74, 6) is 1.68. The minimum Gasteiger partial charge on any atom is -0.450 e. The maximum absolute atomic E-state index is 12.7. The Morgan fingerprint density at radius 1 is 0.943 bits per heavy atom. The Kier molecular flexibility index (Phi) is 8.41. The molecule has 0 unspecified atom stereocenters. The molecule has 0 aliphatic carbocycles. The molecule has 0 radical (unpaired) electrons. The summed E-state index contributed by atoms with van der Waals surface area (Å²) in [6.07, 6.45) is 0.906. The number of hydrogen-bond donors (Lipinski definition) is 0. The predicted octanol–water partition coefficient (Wildman–Crippen LogP) is 4.42. The number of rotatable bonds is 8. The number of amides is 2. The van der Waals surface area contributed by atoms with Gasteiger partial charge in [0.25, 0.3) is 0 Å². The van der Waals surface area contributed by atoms with Crippen LogP contribution < -0.4 is 0 Å². The van der Waals surface area contributed by atoms with Gasteiger partial charge in [0.1, 0.15) is 0 Å². The SMILES string of the molecule is CCOC(=O)N1CCN(C(=O)CCCSc2nnc(-c3ccc(C)cc3)n2-c2ccccc2)CC1. The first kappa shape index (κ1) is 24.8. The second-order valence-electron chi connectivity index (χ2n) is 8.36. The van der Waals surface area contributed by atoms with E-state index in [-0.39, 0.29) is 12.0 Å². The van der Waals surface area contributed by atoms with Crippen molar-refractivity contribution in [1.82, 2.24) is 24.6 Å². The van der Waals surface area contributed by atoms with Crippen molar-refractivity contribution in [3.8, 4) is 17.1 Å². The zero-order valence-electron chi connectivity index (χ0n) is 20.2. The quantitative estimate of drug-likeness (QED) is 0.341. The first-order valence-electron chi connectivity index (χ1n) is 12.0. The van der Waals surface area contributed by atoms with Crippen molar-refractivity contribution in [2.75, 3.05) is 38.5 Å². The summed E-state index contributed by atoms with van der Waals surface area (Å²) in [5, 5.41) is 9.77. The van der Waals surface area contributed by atoms with E-state index in [2.05, 4.69) is 46.0 Å². The monoisotopic (exact) mass is 493 g/mol. The number of ether oxygens (including phenoxy) is 1. The number of carbonyl (C=O) groups is 2. The van der Waals surface area contributed by atoms with Crippen LogP contribution in [0.15, 0.2) is 59.8 Å². The van der Waals surface area contributed by atoms with E-state index < -0.39 is 0 Å². The number of thioether (sulfide) groups is 1. The average molecular weight is 494 g/mol. The molecular weight excluding hydrogens is 462 g/mol. The second kappa shape index (κ2) is 11.9. The Morgan fingerprint density at radius 2 is 1.63 bits per heavy atom. The zero-order valence-corrected chi connectivity index (χ0v) is 21.0. The summed E-state index contributed by atoms with van der Waals surface area (Å²) in [4.78, 5) is 28.0. The van der Waals surface area contributed by atoms with Crippen molar-refractivity contribution in [3.63, 3.8) is 0 Å². The molecule has 2 aromatic carbocycles. The lowest BCUT2D eigenvalue weighted by molar-refractivity contribution is -0.132. The topological polar surface area (TPSA) is 80.6 Å². The van der Waals surface area contributed by atoms with E-state index in [0.717, 1.165) is 34.4 Å². The van der Waals surface area contributed by atoms with Crippen LogP contribution in [0.5, 0.6) is 0 Å². The summed E-state index contributed by atoms with van der Waals surface area (Å²) in [6.45, 7) is 6.35. The summed E-state index contributed by atoms with van der Waals surface area (Å²) in [7, 11) is 0. The van der Waals surface area contributed by atoms with Gasteiger partial charge in [0.05, 0.1) is 6.61 Å². The molecule has 9 heteroatoms. The highest BCUT2D eigenvalue weighted by Crippen LogP contribution is 2.28. The second-order valence-corrected chi connectivity index (χ2v) is 9.42. The van der Waals surface area contributed by atoms with Crippen molar-refractivity contribution in [1.29, 1.82) is 0 Å². The lowest BCUT2D eigenvalue weighted by Crippen LogP contribution is -2.50. The van der Waals surface area contributed by atoms with Gasteiger partial charge in [-0.2, -0.15) is 0 Å². The molecule has 2 heterocycles. The molecule has 2 amide bonds. The standard InChI is InChI=1S/C26H31N5O3S/c1-3-34-26(33)30-17-15-29(16-18-30)23(32)10-7-19-35-25-28-27-24(21-13-11-20(2)12-14-21)31(25)22-8-5-4-6-9-22/h4-6,8-9,11-14H,3,7,10,15-19H2,1-2H3. The van der Waals surface area contributed by atoms with Gasteiger partial charge in [-0.25, -0.2) is 4.79 Å².